The van der Waals surface area contributed by atoms with E-state index in [0.717, 1.165) is 35.6 Å². The smallest absolute Gasteiger partial charge is 0.260 e. The summed E-state index contributed by atoms with van der Waals surface area (Å²) in [5, 5.41) is 0.408. The van der Waals surface area contributed by atoms with Crippen LogP contribution in [0.4, 0.5) is 11.4 Å². The summed E-state index contributed by atoms with van der Waals surface area (Å²) in [6.07, 6.45) is 5.80. The van der Waals surface area contributed by atoms with Gasteiger partial charge in [0.2, 0.25) is 5.91 Å². The van der Waals surface area contributed by atoms with Gasteiger partial charge < -0.3 is 9.80 Å². The molecule has 1 fully saturated rings. The van der Waals surface area contributed by atoms with E-state index in [9.17, 15) is 9.59 Å². The van der Waals surface area contributed by atoms with Crippen molar-refractivity contribution in [2.24, 2.45) is 0 Å². The van der Waals surface area contributed by atoms with Crippen LogP contribution in [-0.4, -0.2) is 41.3 Å². The van der Waals surface area contributed by atoms with E-state index in [-0.39, 0.29) is 18.4 Å². The Balaban J connectivity index is 1.44. The third kappa shape index (κ3) is 4.44. The van der Waals surface area contributed by atoms with Crippen molar-refractivity contribution in [3.63, 3.8) is 0 Å². The molecule has 5 rings (SSSR count). The Kier molecular flexibility index (Phi) is 6.01. The van der Waals surface area contributed by atoms with Crippen LogP contribution < -0.4 is 9.80 Å². The van der Waals surface area contributed by atoms with Crippen molar-refractivity contribution in [3.05, 3.63) is 88.7 Å². The second-order valence-corrected chi connectivity index (χ2v) is 8.90. The SMILES string of the molecule is O=C1CN(C(=O)c2ccc(N3CCCC3)cc2Cl)c2ccccc2CN1Cc1cccnc1. The number of amides is 2. The van der Waals surface area contributed by atoms with Gasteiger partial charge in [-0.3, -0.25) is 19.5 Å². The number of aromatic nitrogens is 1. The molecule has 7 heteroatoms. The molecule has 0 saturated carbocycles. The molecule has 0 N–H and O–H groups in total. The molecule has 1 aromatic heterocycles. The first kappa shape index (κ1) is 21.5. The van der Waals surface area contributed by atoms with Crippen LogP contribution in [0.25, 0.3) is 0 Å². The van der Waals surface area contributed by atoms with Gasteiger partial charge in [-0.25, -0.2) is 0 Å². The van der Waals surface area contributed by atoms with Crippen LogP contribution in [0.15, 0.2) is 67.0 Å². The molecule has 0 radical (unpaired) electrons. The summed E-state index contributed by atoms with van der Waals surface area (Å²) in [6, 6.07) is 17.1. The molecular weight excluding hydrogens is 436 g/mol. The zero-order valence-corrected chi connectivity index (χ0v) is 19.0. The highest BCUT2D eigenvalue weighted by molar-refractivity contribution is 6.35. The fourth-order valence-corrected chi connectivity index (χ4v) is 4.81. The van der Waals surface area contributed by atoms with Gasteiger partial charge in [-0.05, 0) is 54.3 Å². The normalized spacial score (nSPS) is 16.0. The Morgan fingerprint density at radius 1 is 1.00 bits per heavy atom. The number of nitrogens with zero attached hydrogens (tertiary/aromatic N) is 4. The third-order valence-corrected chi connectivity index (χ3v) is 6.60. The molecule has 3 heterocycles. The van der Waals surface area contributed by atoms with Gasteiger partial charge in [0.1, 0.15) is 6.54 Å². The fourth-order valence-electron chi connectivity index (χ4n) is 4.55. The van der Waals surface area contributed by atoms with Crippen LogP contribution in [0.1, 0.15) is 34.3 Å². The van der Waals surface area contributed by atoms with E-state index in [1.165, 1.54) is 12.8 Å². The summed E-state index contributed by atoms with van der Waals surface area (Å²) in [6.45, 7) is 2.83. The molecule has 168 valence electrons. The first-order valence-electron chi connectivity index (χ1n) is 11.2. The van der Waals surface area contributed by atoms with E-state index in [1.54, 1.807) is 28.3 Å². The maximum atomic E-state index is 13.6. The number of fused-ring (bicyclic) bond motifs is 1. The zero-order chi connectivity index (χ0) is 22.8. The van der Waals surface area contributed by atoms with Crippen molar-refractivity contribution >= 4 is 34.8 Å². The minimum Gasteiger partial charge on any atom is -0.371 e. The average molecular weight is 461 g/mol. The van der Waals surface area contributed by atoms with Crippen LogP contribution in [0.5, 0.6) is 0 Å². The lowest BCUT2D eigenvalue weighted by molar-refractivity contribution is -0.130. The largest absolute Gasteiger partial charge is 0.371 e. The predicted octanol–water partition coefficient (Wildman–Crippen LogP) is 4.52. The Hall–Kier alpha value is -3.38. The molecule has 2 aliphatic rings. The summed E-state index contributed by atoms with van der Waals surface area (Å²) in [4.78, 5) is 36.6. The standard InChI is InChI=1S/C26H25ClN4O2/c27-23-14-21(29-12-3-4-13-29)9-10-22(23)26(33)31-18-25(32)30(16-19-6-5-11-28-15-19)17-20-7-1-2-8-24(20)31/h1-2,5-11,14-15H,3-4,12-13,16-18H2. The summed E-state index contributed by atoms with van der Waals surface area (Å²) in [7, 11) is 0. The van der Waals surface area contributed by atoms with Gasteiger partial charge in [0.15, 0.2) is 0 Å². The maximum Gasteiger partial charge on any atom is 0.260 e. The van der Waals surface area contributed by atoms with E-state index in [2.05, 4.69) is 9.88 Å². The number of hydrogen-bond acceptors (Lipinski definition) is 4. The van der Waals surface area contributed by atoms with Crippen LogP contribution in [0.2, 0.25) is 5.02 Å². The maximum absolute atomic E-state index is 13.6. The highest BCUT2D eigenvalue weighted by Crippen LogP contribution is 2.31. The van der Waals surface area contributed by atoms with Crippen molar-refractivity contribution in [3.8, 4) is 0 Å². The number of pyridine rings is 1. The van der Waals surface area contributed by atoms with E-state index in [4.69, 9.17) is 11.6 Å². The monoisotopic (exact) mass is 460 g/mol. The summed E-state index contributed by atoms with van der Waals surface area (Å²) >= 11 is 6.59. The summed E-state index contributed by atoms with van der Waals surface area (Å²) in [5.41, 5.74) is 4.05. The molecule has 33 heavy (non-hydrogen) atoms. The van der Waals surface area contributed by atoms with Crippen molar-refractivity contribution in [2.45, 2.75) is 25.9 Å². The molecule has 6 nitrogen and oxygen atoms in total. The molecule has 1 saturated heterocycles. The molecule has 0 unspecified atom stereocenters. The van der Waals surface area contributed by atoms with Crippen molar-refractivity contribution in [1.82, 2.24) is 9.88 Å². The fraction of sp³-hybridized carbons (Fsp3) is 0.269. The molecule has 3 aromatic rings. The topological polar surface area (TPSA) is 56.8 Å². The van der Waals surface area contributed by atoms with Crippen LogP contribution in [-0.2, 0) is 17.9 Å². The zero-order valence-electron chi connectivity index (χ0n) is 18.3. The first-order valence-corrected chi connectivity index (χ1v) is 11.6. The van der Waals surface area contributed by atoms with Gasteiger partial charge in [0.25, 0.3) is 5.91 Å². The molecular formula is C26H25ClN4O2. The first-order chi connectivity index (χ1) is 16.1. The number of anilines is 2. The molecule has 0 atom stereocenters. The number of carbonyl (C=O) groups excluding carboxylic acids is 2. The lowest BCUT2D eigenvalue weighted by Crippen LogP contribution is -2.40. The van der Waals surface area contributed by atoms with E-state index < -0.39 is 0 Å². The molecule has 2 amide bonds. The van der Waals surface area contributed by atoms with Gasteiger partial charge in [0, 0.05) is 49.9 Å². The van der Waals surface area contributed by atoms with Gasteiger partial charge in [-0.2, -0.15) is 0 Å². The van der Waals surface area contributed by atoms with E-state index in [0.29, 0.717) is 23.7 Å². The molecule has 0 bridgehead atoms. The summed E-state index contributed by atoms with van der Waals surface area (Å²) in [5.74, 6) is -0.384. The van der Waals surface area contributed by atoms with Gasteiger partial charge in [-0.15, -0.1) is 0 Å². The molecule has 0 aliphatic carbocycles. The third-order valence-electron chi connectivity index (χ3n) is 6.29. The second kappa shape index (κ2) is 9.24. The van der Waals surface area contributed by atoms with E-state index >= 15 is 0 Å². The van der Waals surface area contributed by atoms with Gasteiger partial charge in [0.05, 0.1) is 10.6 Å². The van der Waals surface area contributed by atoms with Crippen LogP contribution in [0, 0.1) is 0 Å². The highest BCUT2D eigenvalue weighted by Gasteiger charge is 2.30. The number of benzene rings is 2. The lowest BCUT2D eigenvalue weighted by Gasteiger charge is -2.24. The highest BCUT2D eigenvalue weighted by atomic mass is 35.5. The van der Waals surface area contributed by atoms with Gasteiger partial charge in [-0.1, -0.05) is 35.9 Å². The van der Waals surface area contributed by atoms with Gasteiger partial charge >= 0.3 is 0 Å². The van der Waals surface area contributed by atoms with E-state index in [1.807, 2.05) is 48.5 Å². The quantitative estimate of drug-likeness (QED) is 0.574. The van der Waals surface area contributed by atoms with Crippen molar-refractivity contribution in [2.75, 3.05) is 29.4 Å². The number of halogens is 1. The second-order valence-electron chi connectivity index (χ2n) is 8.49. The van der Waals surface area contributed by atoms with Crippen molar-refractivity contribution < 1.29 is 9.59 Å². The van der Waals surface area contributed by atoms with Crippen LogP contribution in [0.3, 0.4) is 0 Å². The Bertz CT molecular complexity index is 1180. The number of rotatable bonds is 4. The number of hydrogen-bond donors (Lipinski definition) is 0. The van der Waals surface area contributed by atoms with Crippen molar-refractivity contribution in [1.29, 1.82) is 0 Å². The van der Waals surface area contributed by atoms with Crippen LogP contribution >= 0.6 is 11.6 Å². The summed E-state index contributed by atoms with van der Waals surface area (Å²) < 4.78 is 0. The average Bonchev–Trinajstić information content (AvgIpc) is 3.33. The Morgan fingerprint density at radius 2 is 1.82 bits per heavy atom. The molecule has 2 aliphatic heterocycles. The Labute approximate surface area is 198 Å². The minimum absolute atomic E-state index is 0.0414. The molecule has 2 aromatic carbocycles. The molecule has 0 spiro atoms. The Morgan fingerprint density at radius 3 is 2.58 bits per heavy atom. The minimum atomic E-state index is -0.267. The lowest BCUT2D eigenvalue weighted by atomic mass is 10.1. The number of carbonyl (C=O) groups is 2. The number of para-hydroxylation sites is 1. The predicted molar refractivity (Wildman–Crippen MR) is 130 cm³/mol.